The number of hydrogen-bond acceptors (Lipinski definition) is 4. The maximum atomic E-state index is 11.1. The number of hydrogen-bond donors (Lipinski definition) is 1. The molecule has 0 aromatic heterocycles. The molecule has 14 heavy (non-hydrogen) atoms. The molecule has 0 radical (unpaired) electrons. The molecule has 1 N–H and O–H groups in total. The Kier molecular flexibility index (Phi) is 4.90. The van der Waals surface area contributed by atoms with Crippen LogP contribution in [0.25, 0.3) is 0 Å². The lowest BCUT2D eigenvalue weighted by Gasteiger charge is -2.09. The molecule has 0 aromatic rings. The molecular weight excluding hydrogens is 182 g/mol. The molecule has 0 spiro atoms. The van der Waals surface area contributed by atoms with Gasteiger partial charge >= 0.3 is 5.97 Å². The molecule has 1 fully saturated rings. The number of unbranched alkanes of at least 4 members (excludes halogenated alkanes) is 1. The van der Waals surface area contributed by atoms with E-state index in [0.29, 0.717) is 0 Å². The summed E-state index contributed by atoms with van der Waals surface area (Å²) in [7, 11) is 1.41. The fourth-order valence-electron chi connectivity index (χ4n) is 1.55. The van der Waals surface area contributed by atoms with E-state index in [-0.39, 0.29) is 18.1 Å². The second kappa shape index (κ2) is 5.98. The van der Waals surface area contributed by atoms with Crippen molar-refractivity contribution >= 4 is 5.97 Å². The van der Waals surface area contributed by atoms with Gasteiger partial charge in [-0.1, -0.05) is 13.3 Å². The molecule has 1 aliphatic heterocycles. The minimum absolute atomic E-state index is 0.172. The van der Waals surface area contributed by atoms with E-state index < -0.39 is 0 Å². The average molecular weight is 201 g/mol. The Balaban J connectivity index is 2.17. The van der Waals surface area contributed by atoms with Gasteiger partial charge in [0.15, 0.2) is 0 Å². The van der Waals surface area contributed by atoms with E-state index in [1.54, 1.807) is 0 Å². The monoisotopic (exact) mass is 201 g/mol. The molecule has 1 heterocycles. The zero-order chi connectivity index (χ0) is 10.4. The first-order valence-electron chi connectivity index (χ1n) is 5.20. The highest BCUT2D eigenvalue weighted by Gasteiger charge is 2.30. The van der Waals surface area contributed by atoms with Crippen molar-refractivity contribution in [2.45, 2.75) is 38.3 Å². The van der Waals surface area contributed by atoms with Crippen molar-refractivity contribution in [2.75, 3.05) is 20.3 Å². The molecular formula is C10H19NO3. The molecule has 2 atom stereocenters. The Bertz CT molecular complexity index is 184. The second-order valence-corrected chi connectivity index (χ2v) is 3.57. The molecule has 0 aliphatic carbocycles. The Hall–Kier alpha value is -0.610. The summed E-state index contributed by atoms with van der Waals surface area (Å²) in [5, 5.41) is 3.08. The Morgan fingerprint density at radius 1 is 1.57 bits per heavy atom. The van der Waals surface area contributed by atoms with Gasteiger partial charge in [0.25, 0.3) is 0 Å². The first-order valence-corrected chi connectivity index (χ1v) is 5.20. The van der Waals surface area contributed by atoms with Gasteiger partial charge in [-0.3, -0.25) is 4.79 Å². The summed E-state index contributed by atoms with van der Waals surface area (Å²) in [6.07, 6.45) is 3.13. The fourth-order valence-corrected chi connectivity index (χ4v) is 1.55. The van der Waals surface area contributed by atoms with Crippen LogP contribution >= 0.6 is 0 Å². The SMILES string of the molecule is CCCCO[C@H]1CN[C@H](C(=O)OC)C1. The third-order valence-electron chi connectivity index (χ3n) is 2.43. The number of esters is 1. The van der Waals surface area contributed by atoms with Crippen molar-refractivity contribution < 1.29 is 14.3 Å². The third-order valence-corrected chi connectivity index (χ3v) is 2.43. The number of rotatable bonds is 5. The molecule has 0 saturated carbocycles. The van der Waals surface area contributed by atoms with Crippen LogP contribution in [0.3, 0.4) is 0 Å². The zero-order valence-corrected chi connectivity index (χ0v) is 8.91. The first-order chi connectivity index (χ1) is 6.77. The highest BCUT2D eigenvalue weighted by molar-refractivity contribution is 5.76. The van der Waals surface area contributed by atoms with Gasteiger partial charge in [-0.25, -0.2) is 0 Å². The van der Waals surface area contributed by atoms with E-state index in [2.05, 4.69) is 17.0 Å². The topological polar surface area (TPSA) is 47.6 Å². The molecule has 0 aromatic carbocycles. The summed E-state index contributed by atoms with van der Waals surface area (Å²) >= 11 is 0. The van der Waals surface area contributed by atoms with Crippen LogP contribution in [0.5, 0.6) is 0 Å². The highest BCUT2D eigenvalue weighted by Crippen LogP contribution is 2.11. The van der Waals surface area contributed by atoms with Crippen LogP contribution in [0.15, 0.2) is 0 Å². The summed E-state index contributed by atoms with van der Waals surface area (Å²) in [6.45, 7) is 3.67. The predicted octanol–water partition coefficient (Wildman–Crippen LogP) is 0.707. The minimum atomic E-state index is -0.188. The van der Waals surface area contributed by atoms with Gasteiger partial charge in [-0.15, -0.1) is 0 Å². The van der Waals surface area contributed by atoms with E-state index in [0.717, 1.165) is 32.4 Å². The number of ether oxygens (including phenoxy) is 2. The standard InChI is InChI=1S/C10H19NO3/c1-3-4-5-14-8-6-9(11-7-8)10(12)13-2/h8-9,11H,3-7H2,1-2H3/t8-,9+/m1/s1. The van der Waals surface area contributed by atoms with Gasteiger partial charge in [-0.05, 0) is 6.42 Å². The van der Waals surface area contributed by atoms with Crippen LogP contribution < -0.4 is 5.32 Å². The van der Waals surface area contributed by atoms with Crippen molar-refractivity contribution in [3.63, 3.8) is 0 Å². The van der Waals surface area contributed by atoms with Crippen LogP contribution in [0, 0.1) is 0 Å². The van der Waals surface area contributed by atoms with Crippen LogP contribution in [0.2, 0.25) is 0 Å². The summed E-state index contributed by atoms with van der Waals surface area (Å²) in [5.41, 5.74) is 0. The quantitative estimate of drug-likeness (QED) is 0.525. The molecule has 4 heteroatoms. The maximum absolute atomic E-state index is 11.1. The van der Waals surface area contributed by atoms with E-state index >= 15 is 0 Å². The number of carbonyl (C=O) groups is 1. The van der Waals surface area contributed by atoms with Gasteiger partial charge in [0.1, 0.15) is 6.04 Å². The third kappa shape index (κ3) is 3.27. The lowest BCUT2D eigenvalue weighted by molar-refractivity contribution is -0.142. The number of nitrogens with one attached hydrogen (secondary N) is 1. The van der Waals surface area contributed by atoms with Crippen molar-refractivity contribution in [1.29, 1.82) is 0 Å². The first kappa shape index (κ1) is 11.5. The maximum Gasteiger partial charge on any atom is 0.322 e. The summed E-state index contributed by atoms with van der Waals surface area (Å²) < 4.78 is 10.2. The van der Waals surface area contributed by atoms with Crippen molar-refractivity contribution in [3.05, 3.63) is 0 Å². The van der Waals surface area contributed by atoms with Gasteiger partial charge in [0.2, 0.25) is 0 Å². The van der Waals surface area contributed by atoms with E-state index in [1.807, 2.05) is 0 Å². The largest absolute Gasteiger partial charge is 0.468 e. The molecule has 1 saturated heterocycles. The van der Waals surface area contributed by atoms with Crippen molar-refractivity contribution in [3.8, 4) is 0 Å². The Morgan fingerprint density at radius 2 is 2.36 bits per heavy atom. The zero-order valence-electron chi connectivity index (χ0n) is 8.91. The Morgan fingerprint density at radius 3 is 3.00 bits per heavy atom. The van der Waals surface area contributed by atoms with Crippen LogP contribution in [-0.4, -0.2) is 38.4 Å². The van der Waals surface area contributed by atoms with Gasteiger partial charge in [0.05, 0.1) is 13.2 Å². The second-order valence-electron chi connectivity index (χ2n) is 3.57. The number of methoxy groups -OCH3 is 1. The van der Waals surface area contributed by atoms with Gasteiger partial charge in [-0.2, -0.15) is 0 Å². The summed E-state index contributed by atoms with van der Waals surface area (Å²) in [5.74, 6) is -0.188. The molecule has 4 nitrogen and oxygen atoms in total. The fraction of sp³-hybridized carbons (Fsp3) is 0.900. The highest BCUT2D eigenvalue weighted by atomic mass is 16.5. The summed E-state index contributed by atoms with van der Waals surface area (Å²) in [6, 6.07) is -0.174. The molecule has 1 aliphatic rings. The molecule has 0 bridgehead atoms. The molecule has 0 unspecified atom stereocenters. The molecule has 1 rings (SSSR count). The molecule has 82 valence electrons. The van der Waals surface area contributed by atoms with Crippen LogP contribution in [-0.2, 0) is 14.3 Å². The van der Waals surface area contributed by atoms with E-state index in [1.165, 1.54) is 7.11 Å². The summed E-state index contributed by atoms with van der Waals surface area (Å²) in [4.78, 5) is 11.1. The predicted molar refractivity (Wildman–Crippen MR) is 53.1 cm³/mol. The Labute approximate surface area is 85.0 Å². The van der Waals surface area contributed by atoms with Gasteiger partial charge in [0, 0.05) is 19.6 Å². The van der Waals surface area contributed by atoms with Crippen LogP contribution in [0.1, 0.15) is 26.2 Å². The molecule has 0 amide bonds. The van der Waals surface area contributed by atoms with E-state index in [4.69, 9.17) is 4.74 Å². The number of carbonyl (C=O) groups excluding carboxylic acids is 1. The van der Waals surface area contributed by atoms with Crippen molar-refractivity contribution in [2.24, 2.45) is 0 Å². The van der Waals surface area contributed by atoms with Crippen LogP contribution in [0.4, 0.5) is 0 Å². The lowest BCUT2D eigenvalue weighted by atomic mass is 10.2. The van der Waals surface area contributed by atoms with Crippen molar-refractivity contribution in [1.82, 2.24) is 5.32 Å². The normalized spacial score (nSPS) is 26.4. The van der Waals surface area contributed by atoms with E-state index in [9.17, 15) is 4.79 Å². The average Bonchev–Trinajstić information content (AvgIpc) is 2.66. The van der Waals surface area contributed by atoms with Gasteiger partial charge < -0.3 is 14.8 Å². The minimum Gasteiger partial charge on any atom is -0.468 e. The smallest absolute Gasteiger partial charge is 0.322 e. The lowest BCUT2D eigenvalue weighted by Crippen LogP contribution is -2.31.